The summed E-state index contributed by atoms with van der Waals surface area (Å²) in [5, 5.41) is 18.0. The predicted molar refractivity (Wildman–Crippen MR) is 113 cm³/mol. The molecule has 1 aromatic heterocycles. The van der Waals surface area contributed by atoms with Gasteiger partial charge in [0.2, 0.25) is 0 Å². The van der Waals surface area contributed by atoms with Crippen LogP contribution in [0.5, 0.6) is 5.75 Å². The maximum Gasteiger partial charge on any atom is 0.332 e. The van der Waals surface area contributed by atoms with Crippen molar-refractivity contribution in [1.82, 2.24) is 4.57 Å². The van der Waals surface area contributed by atoms with Crippen molar-refractivity contribution in [2.75, 3.05) is 14.2 Å². The molecule has 0 unspecified atom stereocenters. The molecular weight excluding hydrogens is 404 g/mol. The van der Waals surface area contributed by atoms with E-state index in [1.165, 1.54) is 7.11 Å². The van der Waals surface area contributed by atoms with Crippen LogP contribution in [0.15, 0.2) is 39.3 Å². The van der Waals surface area contributed by atoms with Crippen LogP contribution in [-0.4, -0.2) is 24.8 Å². The molecule has 0 aliphatic heterocycles. The van der Waals surface area contributed by atoms with Crippen molar-refractivity contribution in [2.45, 2.75) is 38.1 Å². The highest BCUT2D eigenvalue weighted by Gasteiger charge is 2.21. The molecule has 8 nitrogen and oxygen atoms in total. The lowest BCUT2D eigenvalue weighted by molar-refractivity contribution is -0.133. The Morgan fingerprint density at radius 3 is 2.53 bits per heavy atom. The highest BCUT2D eigenvalue weighted by Crippen LogP contribution is 2.26. The number of carbonyl (C=O) groups excluding carboxylic acids is 1. The van der Waals surface area contributed by atoms with Crippen LogP contribution < -0.4 is 19.5 Å². The fourth-order valence-electron chi connectivity index (χ4n) is 3.37. The van der Waals surface area contributed by atoms with Crippen molar-refractivity contribution in [3.8, 4) is 11.8 Å². The first-order valence-electron chi connectivity index (χ1n) is 9.58. The molecule has 0 saturated heterocycles. The van der Waals surface area contributed by atoms with E-state index in [9.17, 15) is 14.9 Å². The molecule has 0 spiro atoms. The molecule has 0 radical (unpaired) electrons. The largest absolute Gasteiger partial charge is 0.497 e. The summed E-state index contributed by atoms with van der Waals surface area (Å²) in [5.74, 6) is 0.0693. The number of esters is 1. The van der Waals surface area contributed by atoms with Gasteiger partial charge in [0.1, 0.15) is 21.0 Å². The average Bonchev–Trinajstić information content (AvgIpc) is 3.10. The lowest BCUT2D eigenvalue weighted by Gasteiger charge is -2.22. The highest BCUT2D eigenvalue weighted by molar-refractivity contribution is 7.07. The zero-order valence-electron chi connectivity index (χ0n) is 16.8. The van der Waals surface area contributed by atoms with Gasteiger partial charge in [-0.2, -0.15) is 5.26 Å². The number of hydrogen-bond donors (Lipinski definition) is 0. The summed E-state index contributed by atoms with van der Waals surface area (Å²) in [6, 6.07) is 8.94. The van der Waals surface area contributed by atoms with Crippen LogP contribution in [0.25, 0.3) is 11.8 Å². The molecule has 9 heteroatoms. The number of azo groups is 1. The third-order valence-electron chi connectivity index (χ3n) is 4.89. The summed E-state index contributed by atoms with van der Waals surface area (Å²) in [4.78, 5) is 24.7. The Hall–Kier alpha value is -3.25. The molecule has 0 atom stereocenters. The number of hydrogen-bond acceptors (Lipinski definition) is 8. The first-order chi connectivity index (χ1) is 14.6. The normalized spacial score (nSPS) is 16.4. The van der Waals surface area contributed by atoms with E-state index in [1.807, 2.05) is 0 Å². The molecular formula is C21H22N4O4S. The van der Waals surface area contributed by atoms with Gasteiger partial charge in [0.05, 0.1) is 19.9 Å². The fourth-order valence-corrected chi connectivity index (χ4v) is 4.43. The summed E-state index contributed by atoms with van der Waals surface area (Å²) < 4.78 is 12.0. The molecule has 156 valence electrons. The monoisotopic (exact) mass is 426 g/mol. The number of methoxy groups -OCH3 is 2. The van der Waals surface area contributed by atoms with Crippen LogP contribution >= 0.6 is 11.3 Å². The van der Waals surface area contributed by atoms with Crippen LogP contribution in [0.2, 0.25) is 0 Å². The van der Waals surface area contributed by atoms with Crippen molar-refractivity contribution in [1.29, 1.82) is 5.26 Å². The third-order valence-corrected chi connectivity index (χ3v) is 5.99. The number of thiazole rings is 1. The molecule has 0 bridgehead atoms. The SMILES string of the molecule is COC(=O)C=c1sc(=C(C#N)N=Nc2ccc(OC)cc2)n(C2CCCCC2)c1=O. The van der Waals surface area contributed by atoms with Crippen LogP contribution in [0.1, 0.15) is 38.1 Å². The molecule has 2 aromatic rings. The van der Waals surface area contributed by atoms with Gasteiger partial charge in [0.15, 0.2) is 5.70 Å². The molecule has 1 saturated carbocycles. The second-order valence-electron chi connectivity index (χ2n) is 6.76. The lowest BCUT2D eigenvalue weighted by Crippen LogP contribution is -2.36. The van der Waals surface area contributed by atoms with E-state index >= 15 is 0 Å². The standard InChI is InChI=1S/C21H22N4O4S/c1-28-16-10-8-14(9-11-16)23-24-17(13-22)21-25(15-6-4-3-5-7-15)20(27)18(30-21)12-19(26)29-2/h8-12,15H,3-7H2,1-2H3. The van der Waals surface area contributed by atoms with Crippen molar-refractivity contribution < 1.29 is 14.3 Å². The lowest BCUT2D eigenvalue weighted by atomic mass is 9.95. The van der Waals surface area contributed by atoms with Crippen LogP contribution in [0.4, 0.5) is 5.69 Å². The van der Waals surface area contributed by atoms with E-state index in [-0.39, 0.29) is 21.8 Å². The smallest absolute Gasteiger partial charge is 0.332 e. The van der Waals surface area contributed by atoms with Crippen molar-refractivity contribution in [2.24, 2.45) is 10.2 Å². The van der Waals surface area contributed by atoms with Crippen LogP contribution in [0, 0.1) is 11.3 Å². The van der Waals surface area contributed by atoms with E-state index in [4.69, 9.17) is 4.74 Å². The molecule has 1 fully saturated rings. The van der Waals surface area contributed by atoms with Gasteiger partial charge in [-0.25, -0.2) is 4.79 Å². The van der Waals surface area contributed by atoms with Gasteiger partial charge in [0.25, 0.3) is 5.56 Å². The third kappa shape index (κ3) is 4.83. The molecule has 0 N–H and O–H groups in total. The quantitative estimate of drug-likeness (QED) is 0.540. The van der Waals surface area contributed by atoms with E-state index in [2.05, 4.69) is 21.0 Å². The zero-order chi connectivity index (χ0) is 21.5. The second kappa shape index (κ2) is 9.98. The summed E-state index contributed by atoms with van der Waals surface area (Å²) in [5.41, 5.74) is 0.274. The highest BCUT2D eigenvalue weighted by atomic mass is 32.1. The van der Waals surface area contributed by atoms with E-state index in [0.717, 1.165) is 49.5 Å². The van der Waals surface area contributed by atoms with Gasteiger partial charge < -0.3 is 9.47 Å². The molecule has 1 aromatic carbocycles. The molecule has 1 aliphatic carbocycles. The van der Waals surface area contributed by atoms with E-state index in [1.54, 1.807) is 35.9 Å². The second-order valence-corrected chi connectivity index (χ2v) is 7.80. The number of ether oxygens (including phenoxy) is 2. The maximum absolute atomic E-state index is 13.0. The van der Waals surface area contributed by atoms with E-state index in [0.29, 0.717) is 16.1 Å². The number of aromatic nitrogens is 1. The van der Waals surface area contributed by atoms with Crippen molar-refractivity contribution in [3.05, 3.63) is 43.8 Å². The minimum atomic E-state index is -0.617. The predicted octanol–water partition coefficient (Wildman–Crippen LogP) is 2.79. The van der Waals surface area contributed by atoms with Gasteiger partial charge in [-0.05, 0) is 37.1 Å². The first kappa shape index (κ1) is 21.5. The number of carbonyl (C=O) groups is 1. The summed E-state index contributed by atoms with van der Waals surface area (Å²) in [7, 11) is 2.82. The summed E-state index contributed by atoms with van der Waals surface area (Å²) in [6.07, 6.45) is 5.99. The zero-order valence-corrected chi connectivity index (χ0v) is 17.6. The molecule has 3 rings (SSSR count). The number of nitriles is 1. The minimum Gasteiger partial charge on any atom is -0.497 e. The number of benzene rings is 1. The molecule has 1 aliphatic rings. The Morgan fingerprint density at radius 1 is 1.23 bits per heavy atom. The van der Waals surface area contributed by atoms with E-state index < -0.39 is 5.97 Å². The number of rotatable bonds is 5. The van der Waals surface area contributed by atoms with Crippen molar-refractivity contribution >= 4 is 34.8 Å². The van der Waals surface area contributed by atoms with Crippen LogP contribution in [-0.2, 0) is 9.53 Å². The average molecular weight is 426 g/mol. The van der Waals surface area contributed by atoms with Gasteiger partial charge >= 0.3 is 5.97 Å². The molecule has 0 amide bonds. The Kier molecular flexibility index (Phi) is 7.14. The fraction of sp³-hybridized carbons (Fsp3) is 0.381. The number of nitrogens with zero attached hydrogens (tertiary/aromatic N) is 4. The minimum absolute atomic E-state index is 0.0306. The Labute approximate surface area is 177 Å². The van der Waals surface area contributed by atoms with Gasteiger partial charge in [-0.15, -0.1) is 21.6 Å². The van der Waals surface area contributed by atoms with Crippen LogP contribution in [0.3, 0.4) is 0 Å². The molecule has 1 heterocycles. The molecule has 30 heavy (non-hydrogen) atoms. The Morgan fingerprint density at radius 2 is 1.93 bits per heavy atom. The first-order valence-corrected chi connectivity index (χ1v) is 10.4. The summed E-state index contributed by atoms with van der Waals surface area (Å²) >= 11 is 1.06. The van der Waals surface area contributed by atoms with Gasteiger partial charge in [0, 0.05) is 12.1 Å². The topological polar surface area (TPSA) is 106 Å². The Balaban J connectivity index is 2.14. The Bertz CT molecular complexity index is 1150. The van der Waals surface area contributed by atoms with Gasteiger partial charge in [-0.3, -0.25) is 9.36 Å². The van der Waals surface area contributed by atoms with Crippen molar-refractivity contribution in [3.63, 3.8) is 0 Å². The van der Waals surface area contributed by atoms with Gasteiger partial charge in [-0.1, -0.05) is 19.3 Å². The maximum atomic E-state index is 13.0. The summed E-state index contributed by atoms with van der Waals surface area (Å²) in [6.45, 7) is 0.